The second kappa shape index (κ2) is 8.74. The van der Waals surface area contributed by atoms with Crippen LogP contribution in [0.3, 0.4) is 0 Å². The van der Waals surface area contributed by atoms with Gasteiger partial charge >= 0.3 is 0 Å². The highest BCUT2D eigenvalue weighted by Gasteiger charge is 2.36. The maximum absolute atomic E-state index is 12.9. The van der Waals surface area contributed by atoms with Crippen LogP contribution in [0.1, 0.15) is 22.5 Å². The molecule has 2 aromatic carbocycles. The number of amides is 1. The van der Waals surface area contributed by atoms with Crippen molar-refractivity contribution in [1.82, 2.24) is 9.58 Å². The average molecular weight is 529 g/mol. The van der Waals surface area contributed by atoms with Crippen LogP contribution in [0.4, 0.5) is 0 Å². The summed E-state index contributed by atoms with van der Waals surface area (Å²) < 4.78 is 1.98. The second-order valence-corrected chi connectivity index (χ2v) is 9.87. The second-order valence-electron chi connectivity index (χ2n) is 7.66. The lowest BCUT2D eigenvalue weighted by atomic mass is 10.1. The lowest BCUT2D eigenvalue weighted by Gasteiger charge is -2.20. The zero-order chi connectivity index (χ0) is 24.1. The van der Waals surface area contributed by atoms with Crippen LogP contribution in [-0.2, 0) is 4.79 Å². The van der Waals surface area contributed by atoms with Crippen molar-refractivity contribution in [3.05, 3.63) is 91.7 Å². The fraction of sp³-hybridized carbons (Fsp3) is 0.0833. The maximum atomic E-state index is 12.9. The SMILES string of the molecule is Cc1cc(C=C2C(=N)N3N=C(c4ccccc4Cl)SC3=NC2=O)c(C)n1-c1ccc(Cl)cc1Cl. The number of hydrazone groups is 1. The highest BCUT2D eigenvalue weighted by Crippen LogP contribution is 2.34. The number of aromatic nitrogens is 1. The number of nitrogens with one attached hydrogen (secondary N) is 1. The Morgan fingerprint density at radius 3 is 2.53 bits per heavy atom. The van der Waals surface area contributed by atoms with Crippen LogP contribution in [0.25, 0.3) is 11.8 Å². The third-order valence-electron chi connectivity index (χ3n) is 5.48. The van der Waals surface area contributed by atoms with E-state index < -0.39 is 5.91 Å². The number of aryl methyl sites for hydroxylation is 1. The molecule has 0 unspecified atom stereocenters. The molecule has 1 aromatic heterocycles. The number of hydrogen-bond donors (Lipinski definition) is 1. The quantitative estimate of drug-likeness (QED) is 0.383. The number of nitrogens with zero attached hydrogens (tertiary/aromatic N) is 4. The van der Waals surface area contributed by atoms with Crippen molar-refractivity contribution >= 4 is 74.6 Å². The molecule has 6 nitrogen and oxygen atoms in total. The Morgan fingerprint density at radius 1 is 1.03 bits per heavy atom. The Kier molecular flexibility index (Phi) is 5.90. The molecule has 0 fully saturated rings. The van der Waals surface area contributed by atoms with Gasteiger partial charge in [0.2, 0.25) is 5.17 Å². The minimum Gasteiger partial charge on any atom is -0.316 e. The van der Waals surface area contributed by atoms with Gasteiger partial charge < -0.3 is 4.57 Å². The van der Waals surface area contributed by atoms with Gasteiger partial charge in [-0.2, -0.15) is 15.1 Å². The molecule has 0 radical (unpaired) electrons. The average Bonchev–Trinajstić information content (AvgIpc) is 3.32. The van der Waals surface area contributed by atoms with Crippen molar-refractivity contribution in [3.63, 3.8) is 0 Å². The Labute approximate surface area is 215 Å². The summed E-state index contributed by atoms with van der Waals surface area (Å²) in [5.74, 6) is -0.535. The van der Waals surface area contributed by atoms with Crippen LogP contribution in [-0.4, -0.2) is 31.5 Å². The molecule has 2 aliphatic rings. The Morgan fingerprint density at radius 2 is 1.79 bits per heavy atom. The molecule has 0 saturated heterocycles. The smallest absolute Gasteiger partial charge is 0.283 e. The van der Waals surface area contributed by atoms with Crippen molar-refractivity contribution < 1.29 is 4.79 Å². The van der Waals surface area contributed by atoms with E-state index in [1.54, 1.807) is 24.3 Å². The molecule has 2 aliphatic heterocycles. The van der Waals surface area contributed by atoms with Crippen molar-refractivity contribution in [3.8, 4) is 5.69 Å². The zero-order valence-corrected chi connectivity index (χ0v) is 21.0. The Bertz CT molecular complexity index is 1490. The van der Waals surface area contributed by atoms with Gasteiger partial charge in [-0.15, -0.1) is 0 Å². The number of aliphatic imine (C=N–C) groups is 1. The third kappa shape index (κ3) is 3.88. The Hall–Kier alpha value is -2.84. The van der Waals surface area contributed by atoms with Crippen molar-refractivity contribution in [2.75, 3.05) is 0 Å². The lowest BCUT2D eigenvalue weighted by Crippen LogP contribution is -2.35. The van der Waals surface area contributed by atoms with Gasteiger partial charge in [0.1, 0.15) is 5.04 Å². The van der Waals surface area contributed by atoms with E-state index in [9.17, 15) is 4.79 Å². The molecule has 3 aromatic rings. The van der Waals surface area contributed by atoms with Gasteiger partial charge in [-0.1, -0.05) is 53.0 Å². The zero-order valence-electron chi connectivity index (χ0n) is 17.9. The largest absolute Gasteiger partial charge is 0.316 e. The summed E-state index contributed by atoms with van der Waals surface area (Å²) in [5.41, 5.74) is 4.21. The Balaban J connectivity index is 1.53. The number of hydrogen-bond acceptors (Lipinski definition) is 4. The highest BCUT2D eigenvalue weighted by molar-refractivity contribution is 8.27. The number of carbonyl (C=O) groups excluding carboxylic acids is 1. The molecular weight excluding hydrogens is 513 g/mol. The molecule has 0 aliphatic carbocycles. The predicted molar refractivity (Wildman–Crippen MR) is 141 cm³/mol. The van der Waals surface area contributed by atoms with Crippen molar-refractivity contribution in [2.24, 2.45) is 10.1 Å². The van der Waals surface area contributed by atoms with Crippen LogP contribution in [0.15, 0.2) is 64.2 Å². The molecule has 0 spiro atoms. The first kappa shape index (κ1) is 22.9. The first-order chi connectivity index (χ1) is 16.2. The van der Waals surface area contributed by atoms with Gasteiger partial charge in [0.25, 0.3) is 5.91 Å². The third-order valence-corrected chi connectivity index (χ3v) is 7.29. The summed E-state index contributed by atoms with van der Waals surface area (Å²) in [6.45, 7) is 3.87. The van der Waals surface area contributed by atoms with Crippen molar-refractivity contribution in [1.29, 1.82) is 5.41 Å². The number of thioether (sulfide) groups is 1. The van der Waals surface area contributed by atoms with Gasteiger partial charge in [-0.3, -0.25) is 10.2 Å². The molecule has 170 valence electrons. The first-order valence-electron chi connectivity index (χ1n) is 10.1. The van der Waals surface area contributed by atoms with E-state index in [0.29, 0.717) is 25.3 Å². The number of carbonyl (C=O) groups is 1. The van der Waals surface area contributed by atoms with E-state index in [0.717, 1.165) is 28.2 Å². The summed E-state index contributed by atoms with van der Waals surface area (Å²) >= 11 is 20.0. The summed E-state index contributed by atoms with van der Waals surface area (Å²) in [6.07, 6.45) is 1.67. The summed E-state index contributed by atoms with van der Waals surface area (Å²) in [4.78, 5) is 17.0. The molecule has 1 amide bonds. The molecule has 34 heavy (non-hydrogen) atoms. The van der Waals surface area contributed by atoms with Gasteiger partial charge in [0.05, 0.1) is 21.3 Å². The van der Waals surface area contributed by atoms with E-state index >= 15 is 0 Å². The van der Waals surface area contributed by atoms with Gasteiger partial charge in [-0.05, 0) is 67.6 Å². The molecule has 5 rings (SSSR count). The number of amidine groups is 2. The van der Waals surface area contributed by atoms with E-state index in [4.69, 9.17) is 40.2 Å². The van der Waals surface area contributed by atoms with E-state index in [-0.39, 0.29) is 11.4 Å². The van der Waals surface area contributed by atoms with Gasteiger partial charge in [0.15, 0.2) is 5.84 Å². The van der Waals surface area contributed by atoms with Crippen LogP contribution >= 0.6 is 46.6 Å². The fourth-order valence-electron chi connectivity index (χ4n) is 3.86. The van der Waals surface area contributed by atoms with E-state index in [1.165, 1.54) is 16.8 Å². The predicted octanol–water partition coefficient (Wildman–Crippen LogP) is 6.72. The maximum Gasteiger partial charge on any atom is 0.283 e. The lowest BCUT2D eigenvalue weighted by molar-refractivity contribution is -0.114. The first-order valence-corrected chi connectivity index (χ1v) is 12.1. The topological polar surface area (TPSA) is 73.8 Å². The molecule has 0 saturated carbocycles. The van der Waals surface area contributed by atoms with E-state index in [1.807, 2.05) is 48.7 Å². The van der Waals surface area contributed by atoms with Crippen LogP contribution in [0, 0.1) is 19.3 Å². The summed E-state index contributed by atoms with van der Waals surface area (Å²) in [7, 11) is 0. The van der Waals surface area contributed by atoms with Crippen LogP contribution < -0.4 is 0 Å². The summed E-state index contributed by atoms with van der Waals surface area (Å²) in [6, 6.07) is 14.5. The molecule has 3 heterocycles. The molecule has 0 atom stereocenters. The standard InChI is InChI=1S/C24H16Cl3N5OS/c1-12-9-14(13(2)31(12)20-8-7-15(25)11-19(20)27)10-17-21(28)32-24(29-22(17)33)34-23(30-32)16-5-3-4-6-18(16)26/h3-11,28H,1-2H3. The number of fused-ring (bicyclic) bond motifs is 1. The monoisotopic (exact) mass is 527 g/mol. The molecular formula is C24H16Cl3N5OS. The van der Waals surface area contributed by atoms with Crippen LogP contribution in [0.5, 0.6) is 0 Å². The molecule has 1 N–H and O–H groups in total. The summed E-state index contributed by atoms with van der Waals surface area (Å²) in [5, 5.41) is 17.1. The normalized spacial score (nSPS) is 16.7. The minimum absolute atomic E-state index is 0.0427. The highest BCUT2D eigenvalue weighted by atomic mass is 35.5. The van der Waals surface area contributed by atoms with E-state index in [2.05, 4.69) is 10.1 Å². The molecule has 0 bridgehead atoms. The minimum atomic E-state index is -0.492. The number of halogens is 3. The van der Waals surface area contributed by atoms with Gasteiger partial charge in [0, 0.05) is 22.0 Å². The van der Waals surface area contributed by atoms with Crippen molar-refractivity contribution in [2.45, 2.75) is 13.8 Å². The number of benzene rings is 2. The molecule has 10 heteroatoms. The van der Waals surface area contributed by atoms with Crippen LogP contribution in [0.2, 0.25) is 15.1 Å². The number of rotatable bonds is 3. The fourth-order valence-corrected chi connectivity index (χ4v) is 5.56. The van der Waals surface area contributed by atoms with Gasteiger partial charge in [-0.25, -0.2) is 0 Å².